The van der Waals surface area contributed by atoms with Crippen LogP contribution < -0.4 is 5.32 Å². The molecule has 4 nitrogen and oxygen atoms in total. The highest BCUT2D eigenvalue weighted by Gasteiger charge is 2.41. The predicted molar refractivity (Wildman–Crippen MR) is 65.6 cm³/mol. The molecule has 1 saturated carbocycles. The maximum atomic E-state index is 11.8. The molecule has 0 bridgehead atoms. The Labute approximate surface area is 103 Å². The van der Waals surface area contributed by atoms with E-state index in [1.54, 1.807) is 0 Å². The van der Waals surface area contributed by atoms with Gasteiger partial charge >= 0.3 is 5.97 Å². The Hall–Kier alpha value is -1.06. The number of carbonyl (C=O) groups excluding carboxylic acids is 1. The molecule has 2 N–H and O–H groups in total. The van der Waals surface area contributed by atoms with Gasteiger partial charge in [0, 0.05) is 12.5 Å². The van der Waals surface area contributed by atoms with Crippen molar-refractivity contribution in [2.24, 2.45) is 11.3 Å². The first-order chi connectivity index (χ1) is 8.05. The van der Waals surface area contributed by atoms with E-state index in [2.05, 4.69) is 5.32 Å². The lowest BCUT2D eigenvalue weighted by atomic mass is 9.86. The smallest absolute Gasteiger partial charge is 0.311 e. The standard InChI is InChI=1S/C13H23NO3/c1-3-10(4-2)11(15)14-9-13(12(16)17)7-5-6-8-13/h10H,3-9H2,1-2H3,(H,14,15)(H,16,17). The third-order valence-corrected chi connectivity index (χ3v) is 3.97. The Balaban J connectivity index is 2.53. The molecule has 0 aromatic rings. The van der Waals surface area contributed by atoms with Gasteiger partial charge < -0.3 is 10.4 Å². The highest BCUT2D eigenvalue weighted by molar-refractivity contribution is 5.80. The zero-order valence-electron chi connectivity index (χ0n) is 10.8. The zero-order valence-corrected chi connectivity index (χ0v) is 10.8. The zero-order chi connectivity index (χ0) is 12.9. The van der Waals surface area contributed by atoms with Crippen molar-refractivity contribution in [3.63, 3.8) is 0 Å². The maximum absolute atomic E-state index is 11.8. The van der Waals surface area contributed by atoms with E-state index in [1.165, 1.54) is 0 Å². The number of aliphatic carboxylic acids is 1. The molecule has 0 saturated heterocycles. The van der Waals surface area contributed by atoms with Crippen molar-refractivity contribution in [1.29, 1.82) is 0 Å². The van der Waals surface area contributed by atoms with Crippen molar-refractivity contribution in [2.45, 2.75) is 52.4 Å². The number of nitrogens with one attached hydrogen (secondary N) is 1. The summed E-state index contributed by atoms with van der Waals surface area (Å²) >= 11 is 0. The minimum Gasteiger partial charge on any atom is -0.481 e. The molecular formula is C13H23NO3. The number of hydrogen-bond donors (Lipinski definition) is 2. The van der Waals surface area contributed by atoms with Crippen LogP contribution in [0.3, 0.4) is 0 Å². The molecule has 0 atom stereocenters. The summed E-state index contributed by atoms with van der Waals surface area (Å²) in [5.74, 6) is -0.746. The second-order valence-corrected chi connectivity index (χ2v) is 5.02. The van der Waals surface area contributed by atoms with E-state index in [-0.39, 0.29) is 18.4 Å². The number of carboxylic acid groups (broad SMARTS) is 1. The van der Waals surface area contributed by atoms with Crippen LogP contribution in [-0.2, 0) is 9.59 Å². The summed E-state index contributed by atoms with van der Waals surface area (Å²) in [5.41, 5.74) is -0.707. The van der Waals surface area contributed by atoms with E-state index in [1.807, 2.05) is 13.8 Å². The van der Waals surface area contributed by atoms with Gasteiger partial charge in [0.15, 0.2) is 0 Å². The number of rotatable bonds is 6. The summed E-state index contributed by atoms with van der Waals surface area (Å²) < 4.78 is 0. The molecule has 0 aromatic carbocycles. The highest BCUT2D eigenvalue weighted by Crippen LogP contribution is 2.37. The molecule has 1 rings (SSSR count). The number of carbonyl (C=O) groups is 2. The number of carboxylic acids is 1. The lowest BCUT2D eigenvalue weighted by Gasteiger charge is -2.25. The Bertz CT molecular complexity index is 278. The molecule has 0 aromatic heterocycles. The minimum atomic E-state index is -0.764. The first-order valence-electron chi connectivity index (χ1n) is 6.57. The monoisotopic (exact) mass is 241 g/mol. The fraction of sp³-hybridized carbons (Fsp3) is 0.846. The van der Waals surface area contributed by atoms with Gasteiger partial charge in [-0.05, 0) is 25.7 Å². The van der Waals surface area contributed by atoms with Gasteiger partial charge in [0.2, 0.25) is 5.91 Å². The second-order valence-electron chi connectivity index (χ2n) is 5.02. The Kier molecular flexibility index (Phi) is 4.97. The molecule has 1 amide bonds. The SMILES string of the molecule is CCC(CC)C(=O)NCC1(C(=O)O)CCCC1. The average molecular weight is 241 g/mol. The quantitative estimate of drug-likeness (QED) is 0.749. The van der Waals surface area contributed by atoms with Gasteiger partial charge in [-0.2, -0.15) is 0 Å². The second kappa shape index (κ2) is 6.03. The molecule has 0 heterocycles. The largest absolute Gasteiger partial charge is 0.481 e. The molecule has 0 unspecified atom stereocenters. The van der Waals surface area contributed by atoms with E-state index < -0.39 is 11.4 Å². The predicted octanol–water partition coefficient (Wildman–Crippen LogP) is 2.18. The van der Waals surface area contributed by atoms with Crippen molar-refractivity contribution in [1.82, 2.24) is 5.32 Å². The van der Waals surface area contributed by atoms with Gasteiger partial charge in [-0.3, -0.25) is 9.59 Å². The van der Waals surface area contributed by atoms with Crippen LogP contribution in [0.5, 0.6) is 0 Å². The van der Waals surface area contributed by atoms with E-state index in [9.17, 15) is 14.7 Å². The molecule has 17 heavy (non-hydrogen) atoms. The minimum absolute atomic E-state index is 0.00234. The van der Waals surface area contributed by atoms with Gasteiger partial charge in [-0.15, -0.1) is 0 Å². The Morgan fingerprint density at radius 1 is 1.24 bits per heavy atom. The molecule has 1 aliphatic rings. The van der Waals surface area contributed by atoms with Gasteiger partial charge in [0.25, 0.3) is 0 Å². The van der Waals surface area contributed by atoms with E-state index in [0.29, 0.717) is 12.8 Å². The van der Waals surface area contributed by atoms with Gasteiger partial charge in [-0.25, -0.2) is 0 Å². The number of hydrogen-bond acceptors (Lipinski definition) is 2. The van der Waals surface area contributed by atoms with Crippen molar-refractivity contribution >= 4 is 11.9 Å². The molecule has 0 aliphatic heterocycles. The summed E-state index contributed by atoms with van der Waals surface area (Å²) in [4.78, 5) is 23.1. The molecule has 0 radical (unpaired) electrons. The third-order valence-electron chi connectivity index (χ3n) is 3.97. The van der Waals surface area contributed by atoms with Gasteiger partial charge in [0.05, 0.1) is 5.41 Å². The Morgan fingerprint density at radius 3 is 2.18 bits per heavy atom. The van der Waals surface area contributed by atoms with Crippen molar-refractivity contribution < 1.29 is 14.7 Å². The maximum Gasteiger partial charge on any atom is 0.311 e. The van der Waals surface area contributed by atoms with Crippen LogP contribution in [0.1, 0.15) is 52.4 Å². The Morgan fingerprint density at radius 2 is 1.76 bits per heavy atom. The molecule has 1 fully saturated rings. The van der Waals surface area contributed by atoms with Crippen LogP contribution in [0.25, 0.3) is 0 Å². The normalized spacial score (nSPS) is 18.3. The summed E-state index contributed by atoms with van der Waals surface area (Å²) in [6.45, 7) is 4.25. The molecule has 1 aliphatic carbocycles. The topological polar surface area (TPSA) is 66.4 Å². The summed E-state index contributed by atoms with van der Waals surface area (Å²) in [6.07, 6.45) is 4.89. The first kappa shape index (κ1) is 14.0. The molecular weight excluding hydrogens is 218 g/mol. The molecule has 0 spiro atoms. The molecule has 98 valence electrons. The highest BCUT2D eigenvalue weighted by atomic mass is 16.4. The van der Waals surface area contributed by atoms with Crippen molar-refractivity contribution in [2.75, 3.05) is 6.54 Å². The fourth-order valence-electron chi connectivity index (χ4n) is 2.58. The van der Waals surface area contributed by atoms with Crippen LogP contribution in [-0.4, -0.2) is 23.5 Å². The van der Waals surface area contributed by atoms with E-state index in [0.717, 1.165) is 25.7 Å². The summed E-state index contributed by atoms with van der Waals surface area (Å²) in [7, 11) is 0. The van der Waals surface area contributed by atoms with Crippen LogP contribution in [0, 0.1) is 11.3 Å². The first-order valence-corrected chi connectivity index (χ1v) is 6.57. The van der Waals surface area contributed by atoms with Crippen molar-refractivity contribution in [3.8, 4) is 0 Å². The average Bonchev–Trinajstić information content (AvgIpc) is 2.78. The van der Waals surface area contributed by atoms with E-state index in [4.69, 9.17) is 0 Å². The van der Waals surface area contributed by atoms with Crippen LogP contribution in [0.15, 0.2) is 0 Å². The number of amides is 1. The summed E-state index contributed by atoms with van der Waals surface area (Å²) in [5, 5.41) is 12.1. The third kappa shape index (κ3) is 3.20. The fourth-order valence-corrected chi connectivity index (χ4v) is 2.58. The van der Waals surface area contributed by atoms with Gasteiger partial charge in [0.1, 0.15) is 0 Å². The van der Waals surface area contributed by atoms with Crippen LogP contribution in [0.2, 0.25) is 0 Å². The van der Waals surface area contributed by atoms with E-state index >= 15 is 0 Å². The summed E-state index contributed by atoms with van der Waals surface area (Å²) in [6, 6.07) is 0. The van der Waals surface area contributed by atoms with Gasteiger partial charge in [-0.1, -0.05) is 26.7 Å². The van der Waals surface area contributed by atoms with Crippen LogP contribution in [0.4, 0.5) is 0 Å². The lowest BCUT2D eigenvalue weighted by molar-refractivity contribution is -0.148. The van der Waals surface area contributed by atoms with Crippen molar-refractivity contribution in [3.05, 3.63) is 0 Å². The van der Waals surface area contributed by atoms with Crippen LogP contribution >= 0.6 is 0 Å². The lowest BCUT2D eigenvalue weighted by Crippen LogP contribution is -2.43. The molecule has 4 heteroatoms.